The highest BCUT2D eigenvalue weighted by Gasteiger charge is 2.33. The maximum absolute atomic E-state index is 11.8. The Balaban J connectivity index is 1.97. The first-order chi connectivity index (χ1) is 8.00. The average molecular weight is 255 g/mol. The van der Waals surface area contributed by atoms with Crippen LogP contribution in [-0.4, -0.2) is 25.7 Å². The van der Waals surface area contributed by atoms with Crippen LogP contribution in [0.5, 0.6) is 0 Å². The molecule has 4 nitrogen and oxygen atoms in total. The number of rotatable bonds is 3. The second-order valence-electron chi connectivity index (χ2n) is 4.72. The van der Waals surface area contributed by atoms with Gasteiger partial charge >= 0.3 is 0 Å². The molecule has 0 spiro atoms. The highest BCUT2D eigenvalue weighted by molar-refractivity contribution is 6.33. The average Bonchev–Trinajstić information content (AvgIpc) is 2.27. The molecule has 1 aliphatic rings. The molecule has 0 saturated carbocycles. The van der Waals surface area contributed by atoms with Crippen molar-refractivity contribution in [2.24, 2.45) is 5.41 Å². The van der Waals surface area contributed by atoms with E-state index in [1.807, 2.05) is 0 Å². The van der Waals surface area contributed by atoms with Crippen LogP contribution < -0.4 is 11.1 Å². The van der Waals surface area contributed by atoms with E-state index in [4.69, 9.17) is 22.1 Å². The summed E-state index contributed by atoms with van der Waals surface area (Å²) < 4.78 is 5.12. The molecule has 1 aliphatic heterocycles. The maximum Gasteiger partial charge on any atom is 0.251 e. The minimum absolute atomic E-state index is 0.0631. The van der Waals surface area contributed by atoms with Crippen LogP contribution in [0.2, 0.25) is 5.02 Å². The Morgan fingerprint density at radius 2 is 2.29 bits per heavy atom. The van der Waals surface area contributed by atoms with Crippen molar-refractivity contribution < 1.29 is 9.53 Å². The predicted octanol–water partition coefficient (Wildman–Crippen LogP) is 1.69. The molecular weight excluding hydrogens is 240 g/mol. The van der Waals surface area contributed by atoms with Gasteiger partial charge in [0, 0.05) is 17.5 Å². The molecule has 0 aromatic heterocycles. The fraction of sp³-hybridized carbons (Fsp3) is 0.417. The number of carbonyl (C=O) groups is 1. The highest BCUT2D eigenvalue weighted by Crippen LogP contribution is 2.25. The molecule has 1 amide bonds. The lowest BCUT2D eigenvalue weighted by Crippen LogP contribution is -2.48. The summed E-state index contributed by atoms with van der Waals surface area (Å²) in [5, 5.41) is 3.33. The number of amides is 1. The summed E-state index contributed by atoms with van der Waals surface area (Å²) in [4.78, 5) is 11.8. The minimum atomic E-state index is -0.138. The van der Waals surface area contributed by atoms with Crippen molar-refractivity contribution >= 4 is 23.2 Å². The van der Waals surface area contributed by atoms with Crippen LogP contribution >= 0.6 is 11.6 Å². The van der Waals surface area contributed by atoms with Gasteiger partial charge in [-0.15, -0.1) is 0 Å². The van der Waals surface area contributed by atoms with Gasteiger partial charge in [-0.25, -0.2) is 0 Å². The summed E-state index contributed by atoms with van der Waals surface area (Å²) in [7, 11) is 0. The molecule has 5 heteroatoms. The fourth-order valence-electron chi connectivity index (χ4n) is 1.63. The maximum atomic E-state index is 11.8. The van der Waals surface area contributed by atoms with Crippen LogP contribution in [-0.2, 0) is 4.74 Å². The van der Waals surface area contributed by atoms with E-state index < -0.39 is 0 Å². The Hall–Kier alpha value is -1.26. The van der Waals surface area contributed by atoms with E-state index >= 15 is 0 Å². The first-order valence-electron chi connectivity index (χ1n) is 5.41. The lowest BCUT2D eigenvalue weighted by Gasteiger charge is -2.38. The van der Waals surface area contributed by atoms with Gasteiger partial charge < -0.3 is 15.8 Å². The van der Waals surface area contributed by atoms with E-state index in [2.05, 4.69) is 12.2 Å². The Labute approximate surface area is 105 Å². The van der Waals surface area contributed by atoms with Crippen LogP contribution in [0.25, 0.3) is 0 Å². The Morgan fingerprint density at radius 1 is 1.59 bits per heavy atom. The minimum Gasteiger partial charge on any atom is -0.398 e. The van der Waals surface area contributed by atoms with Crippen LogP contribution in [0.3, 0.4) is 0 Å². The number of nitrogen functional groups attached to an aromatic ring is 1. The predicted molar refractivity (Wildman–Crippen MR) is 67.1 cm³/mol. The molecule has 92 valence electrons. The van der Waals surface area contributed by atoms with Gasteiger partial charge in [0.25, 0.3) is 5.91 Å². The first-order valence-corrected chi connectivity index (χ1v) is 5.79. The monoisotopic (exact) mass is 254 g/mol. The molecule has 0 aliphatic carbocycles. The number of nitrogens with two attached hydrogens (primary N) is 1. The Morgan fingerprint density at radius 3 is 2.82 bits per heavy atom. The van der Waals surface area contributed by atoms with Crippen LogP contribution in [0.1, 0.15) is 17.3 Å². The van der Waals surface area contributed by atoms with E-state index in [9.17, 15) is 4.79 Å². The van der Waals surface area contributed by atoms with E-state index in [0.29, 0.717) is 36.0 Å². The van der Waals surface area contributed by atoms with Gasteiger partial charge in [0.15, 0.2) is 0 Å². The van der Waals surface area contributed by atoms with Gasteiger partial charge in [-0.1, -0.05) is 18.5 Å². The Kier molecular flexibility index (Phi) is 3.26. The smallest absolute Gasteiger partial charge is 0.251 e. The number of carbonyl (C=O) groups excluding carboxylic acids is 1. The van der Waals surface area contributed by atoms with Gasteiger partial charge in [-0.2, -0.15) is 0 Å². The summed E-state index contributed by atoms with van der Waals surface area (Å²) >= 11 is 5.79. The zero-order valence-corrected chi connectivity index (χ0v) is 10.4. The second kappa shape index (κ2) is 4.55. The van der Waals surface area contributed by atoms with Crippen molar-refractivity contribution in [1.29, 1.82) is 0 Å². The molecule has 1 aromatic rings. The molecule has 1 aromatic carbocycles. The number of halogens is 1. The Bertz CT molecular complexity index is 444. The molecular formula is C12H15ClN2O2. The summed E-state index contributed by atoms with van der Waals surface area (Å²) in [6, 6.07) is 4.87. The van der Waals surface area contributed by atoms with Crippen molar-refractivity contribution in [2.45, 2.75) is 6.92 Å². The van der Waals surface area contributed by atoms with Crippen molar-refractivity contribution in [2.75, 3.05) is 25.5 Å². The number of ether oxygens (including phenoxy) is 1. The molecule has 0 bridgehead atoms. The van der Waals surface area contributed by atoms with Crippen molar-refractivity contribution in [3.63, 3.8) is 0 Å². The third kappa shape index (κ3) is 2.70. The standard InChI is InChI=1S/C12H15ClN2O2/c1-12(6-17-7-12)5-15-11(16)8-2-3-9(13)10(14)4-8/h2-4H,5-7,14H2,1H3,(H,15,16). The quantitative estimate of drug-likeness (QED) is 0.807. The fourth-order valence-corrected chi connectivity index (χ4v) is 1.75. The van der Waals surface area contributed by atoms with Gasteiger partial charge in [-0.05, 0) is 18.2 Å². The molecule has 0 atom stereocenters. The van der Waals surface area contributed by atoms with Crippen LogP contribution in [0, 0.1) is 5.41 Å². The lowest BCUT2D eigenvalue weighted by molar-refractivity contribution is -0.0978. The van der Waals surface area contributed by atoms with Crippen LogP contribution in [0.15, 0.2) is 18.2 Å². The van der Waals surface area contributed by atoms with Crippen molar-refractivity contribution in [1.82, 2.24) is 5.32 Å². The highest BCUT2D eigenvalue weighted by atomic mass is 35.5. The van der Waals surface area contributed by atoms with E-state index in [1.165, 1.54) is 0 Å². The summed E-state index contributed by atoms with van der Waals surface area (Å²) in [5.41, 5.74) is 6.65. The topological polar surface area (TPSA) is 64.4 Å². The summed E-state index contributed by atoms with van der Waals surface area (Å²) in [6.07, 6.45) is 0. The molecule has 0 radical (unpaired) electrons. The number of hydrogen-bond donors (Lipinski definition) is 2. The molecule has 1 fully saturated rings. The van der Waals surface area contributed by atoms with Gasteiger partial charge in [0.1, 0.15) is 0 Å². The van der Waals surface area contributed by atoms with Gasteiger partial charge in [-0.3, -0.25) is 4.79 Å². The molecule has 2 rings (SSSR count). The molecule has 1 heterocycles. The normalized spacial score (nSPS) is 17.3. The van der Waals surface area contributed by atoms with E-state index in [-0.39, 0.29) is 11.3 Å². The van der Waals surface area contributed by atoms with Crippen molar-refractivity contribution in [3.05, 3.63) is 28.8 Å². The molecule has 0 unspecified atom stereocenters. The third-order valence-corrected chi connectivity index (χ3v) is 3.18. The van der Waals surface area contributed by atoms with E-state index in [0.717, 1.165) is 0 Å². The van der Waals surface area contributed by atoms with Crippen molar-refractivity contribution in [3.8, 4) is 0 Å². The third-order valence-electron chi connectivity index (χ3n) is 2.83. The van der Waals surface area contributed by atoms with Gasteiger partial charge in [0.2, 0.25) is 0 Å². The number of nitrogens with one attached hydrogen (secondary N) is 1. The largest absolute Gasteiger partial charge is 0.398 e. The zero-order valence-electron chi connectivity index (χ0n) is 9.63. The number of hydrogen-bond acceptors (Lipinski definition) is 3. The zero-order chi connectivity index (χ0) is 12.5. The summed E-state index contributed by atoms with van der Waals surface area (Å²) in [5.74, 6) is -0.138. The number of benzene rings is 1. The molecule has 17 heavy (non-hydrogen) atoms. The SMILES string of the molecule is CC1(CNC(=O)c2ccc(Cl)c(N)c2)COC1. The number of anilines is 1. The van der Waals surface area contributed by atoms with Crippen LogP contribution in [0.4, 0.5) is 5.69 Å². The molecule has 1 saturated heterocycles. The molecule has 3 N–H and O–H groups in total. The lowest BCUT2D eigenvalue weighted by atomic mass is 9.88. The first kappa shape index (κ1) is 12.2. The van der Waals surface area contributed by atoms with Gasteiger partial charge in [0.05, 0.1) is 23.9 Å². The van der Waals surface area contributed by atoms with E-state index in [1.54, 1.807) is 18.2 Å². The summed E-state index contributed by atoms with van der Waals surface area (Å²) in [6.45, 7) is 4.06. The second-order valence-corrected chi connectivity index (χ2v) is 5.13.